The fourth-order valence-electron chi connectivity index (χ4n) is 3.13. The van der Waals surface area contributed by atoms with Gasteiger partial charge in [0.05, 0.1) is 5.92 Å². The average Bonchev–Trinajstić information content (AvgIpc) is 2.39. The Balaban J connectivity index is 1.78. The zero-order valence-corrected chi connectivity index (χ0v) is 11.7. The molecule has 108 valence electrons. The predicted molar refractivity (Wildman–Crippen MR) is 73.4 cm³/mol. The second-order valence-corrected chi connectivity index (χ2v) is 5.84. The van der Waals surface area contributed by atoms with Gasteiger partial charge in [-0.05, 0) is 25.7 Å². The van der Waals surface area contributed by atoms with E-state index in [0.29, 0.717) is 0 Å². The Bertz CT molecular complexity index is 338. The first-order chi connectivity index (χ1) is 9.08. The fraction of sp³-hybridized carbons (Fsp3) is 0.857. The van der Waals surface area contributed by atoms with Gasteiger partial charge in [0.2, 0.25) is 11.8 Å². The summed E-state index contributed by atoms with van der Waals surface area (Å²) in [6, 6.07) is 0.225. The number of carbonyl (C=O) groups excluding carboxylic acids is 2. The summed E-state index contributed by atoms with van der Waals surface area (Å²) in [6.45, 7) is 3.09. The van der Waals surface area contributed by atoms with E-state index in [4.69, 9.17) is 5.73 Å². The monoisotopic (exact) mass is 267 g/mol. The Morgan fingerprint density at radius 2 is 1.74 bits per heavy atom. The number of hydrogen-bond donors (Lipinski definition) is 2. The molecule has 0 aromatic heterocycles. The highest BCUT2D eigenvalue weighted by Crippen LogP contribution is 2.23. The van der Waals surface area contributed by atoms with Crippen LogP contribution in [0.5, 0.6) is 0 Å². The van der Waals surface area contributed by atoms with E-state index in [9.17, 15) is 9.59 Å². The first-order valence-corrected chi connectivity index (χ1v) is 7.39. The summed E-state index contributed by atoms with van der Waals surface area (Å²) in [5.41, 5.74) is 6.03. The third kappa shape index (κ3) is 3.69. The summed E-state index contributed by atoms with van der Waals surface area (Å²) < 4.78 is 0. The Kier molecular flexibility index (Phi) is 4.80. The maximum absolute atomic E-state index is 12.2. The van der Waals surface area contributed by atoms with Gasteiger partial charge in [0.1, 0.15) is 0 Å². The summed E-state index contributed by atoms with van der Waals surface area (Å²) >= 11 is 0. The van der Waals surface area contributed by atoms with Gasteiger partial charge in [-0.3, -0.25) is 9.59 Å². The fourth-order valence-corrected chi connectivity index (χ4v) is 3.13. The van der Waals surface area contributed by atoms with Crippen molar-refractivity contribution in [2.24, 2.45) is 11.7 Å². The van der Waals surface area contributed by atoms with Gasteiger partial charge in [-0.15, -0.1) is 0 Å². The summed E-state index contributed by atoms with van der Waals surface area (Å²) in [4.78, 5) is 25.3. The summed E-state index contributed by atoms with van der Waals surface area (Å²) in [7, 11) is 0. The molecule has 1 saturated carbocycles. The van der Waals surface area contributed by atoms with Crippen LogP contribution in [0, 0.1) is 5.92 Å². The standard InChI is InChI=1S/C14H25N3O2/c1-10(18)17-8-6-11(7-9-17)16-14(19)12-4-2-3-5-13(12)15/h11-13H,2-9,15H2,1H3,(H,16,19). The number of nitrogens with two attached hydrogens (primary N) is 1. The molecule has 1 saturated heterocycles. The minimum absolute atomic E-state index is 0.0143. The van der Waals surface area contributed by atoms with E-state index in [1.807, 2.05) is 4.90 Å². The van der Waals surface area contributed by atoms with Crippen LogP contribution in [0.25, 0.3) is 0 Å². The molecule has 2 atom stereocenters. The molecule has 0 radical (unpaired) electrons. The van der Waals surface area contributed by atoms with Gasteiger partial charge in [-0.25, -0.2) is 0 Å². The molecule has 3 N–H and O–H groups in total. The largest absolute Gasteiger partial charge is 0.353 e. The molecular formula is C14H25N3O2. The van der Waals surface area contributed by atoms with Crippen LogP contribution in [-0.2, 0) is 9.59 Å². The number of nitrogens with zero attached hydrogens (tertiary/aromatic N) is 1. The Morgan fingerprint density at radius 3 is 2.32 bits per heavy atom. The van der Waals surface area contributed by atoms with E-state index in [1.54, 1.807) is 6.92 Å². The molecule has 5 heteroatoms. The van der Waals surface area contributed by atoms with Crippen molar-refractivity contribution in [2.75, 3.05) is 13.1 Å². The Hall–Kier alpha value is -1.10. The van der Waals surface area contributed by atoms with E-state index in [1.165, 1.54) is 0 Å². The third-order valence-corrected chi connectivity index (χ3v) is 4.44. The molecule has 0 bridgehead atoms. The van der Waals surface area contributed by atoms with Gasteiger partial charge >= 0.3 is 0 Å². The molecule has 0 aromatic rings. The summed E-state index contributed by atoms with van der Waals surface area (Å²) in [6.07, 6.45) is 5.83. The number of hydrogen-bond acceptors (Lipinski definition) is 3. The number of rotatable bonds is 2. The average molecular weight is 267 g/mol. The Morgan fingerprint density at radius 1 is 1.11 bits per heavy atom. The van der Waals surface area contributed by atoms with E-state index >= 15 is 0 Å². The summed E-state index contributed by atoms with van der Waals surface area (Å²) in [5.74, 6) is 0.229. The Labute approximate surface area is 114 Å². The molecule has 0 aromatic carbocycles. The molecule has 5 nitrogen and oxygen atoms in total. The normalized spacial score (nSPS) is 29.1. The lowest BCUT2D eigenvalue weighted by molar-refractivity contribution is -0.130. The third-order valence-electron chi connectivity index (χ3n) is 4.44. The van der Waals surface area contributed by atoms with Gasteiger partial charge < -0.3 is 16.0 Å². The van der Waals surface area contributed by atoms with Crippen molar-refractivity contribution in [3.8, 4) is 0 Å². The van der Waals surface area contributed by atoms with Crippen molar-refractivity contribution < 1.29 is 9.59 Å². The van der Waals surface area contributed by atoms with E-state index < -0.39 is 0 Å². The first kappa shape index (κ1) is 14.3. The maximum atomic E-state index is 12.2. The van der Waals surface area contributed by atoms with Gasteiger partial charge in [-0.1, -0.05) is 12.8 Å². The second-order valence-electron chi connectivity index (χ2n) is 5.84. The molecular weight excluding hydrogens is 242 g/mol. The molecule has 2 aliphatic rings. The number of carbonyl (C=O) groups is 2. The molecule has 2 amide bonds. The zero-order valence-electron chi connectivity index (χ0n) is 11.7. The molecule has 2 rings (SSSR count). The van der Waals surface area contributed by atoms with Crippen LogP contribution in [0.1, 0.15) is 45.4 Å². The SMILES string of the molecule is CC(=O)N1CCC(NC(=O)C2CCCCC2N)CC1. The van der Waals surface area contributed by atoms with Crippen molar-refractivity contribution in [2.45, 2.75) is 57.5 Å². The van der Waals surface area contributed by atoms with Crippen molar-refractivity contribution >= 4 is 11.8 Å². The molecule has 2 unspecified atom stereocenters. The molecule has 1 heterocycles. The molecule has 1 aliphatic carbocycles. The van der Waals surface area contributed by atoms with Gasteiger partial charge in [-0.2, -0.15) is 0 Å². The highest BCUT2D eigenvalue weighted by Gasteiger charge is 2.30. The van der Waals surface area contributed by atoms with Crippen molar-refractivity contribution in [3.05, 3.63) is 0 Å². The lowest BCUT2D eigenvalue weighted by Gasteiger charge is -2.34. The van der Waals surface area contributed by atoms with Gasteiger partial charge in [0, 0.05) is 32.1 Å². The number of likely N-dealkylation sites (tertiary alicyclic amines) is 1. The predicted octanol–water partition coefficient (Wildman–Crippen LogP) is 0.631. The van der Waals surface area contributed by atoms with Crippen LogP contribution in [0.3, 0.4) is 0 Å². The zero-order chi connectivity index (χ0) is 13.8. The lowest BCUT2D eigenvalue weighted by atomic mass is 9.84. The van der Waals surface area contributed by atoms with Gasteiger partial charge in [0.25, 0.3) is 0 Å². The molecule has 1 aliphatic heterocycles. The smallest absolute Gasteiger partial charge is 0.224 e. The minimum atomic E-state index is -0.0143. The van der Waals surface area contributed by atoms with Crippen LogP contribution >= 0.6 is 0 Å². The van der Waals surface area contributed by atoms with Crippen molar-refractivity contribution in [3.63, 3.8) is 0 Å². The van der Waals surface area contributed by atoms with Crippen molar-refractivity contribution in [1.82, 2.24) is 10.2 Å². The van der Waals surface area contributed by atoms with Crippen LogP contribution in [-0.4, -0.2) is 41.9 Å². The first-order valence-electron chi connectivity index (χ1n) is 7.39. The minimum Gasteiger partial charge on any atom is -0.353 e. The highest BCUT2D eigenvalue weighted by molar-refractivity contribution is 5.80. The van der Waals surface area contributed by atoms with E-state index in [2.05, 4.69) is 5.32 Å². The van der Waals surface area contributed by atoms with Gasteiger partial charge in [0.15, 0.2) is 0 Å². The van der Waals surface area contributed by atoms with E-state index in [-0.39, 0.29) is 29.8 Å². The number of piperidine rings is 1. The second kappa shape index (κ2) is 6.37. The van der Waals surface area contributed by atoms with Crippen LogP contribution in [0.15, 0.2) is 0 Å². The maximum Gasteiger partial charge on any atom is 0.224 e. The van der Waals surface area contributed by atoms with Crippen LogP contribution in [0.2, 0.25) is 0 Å². The van der Waals surface area contributed by atoms with Crippen molar-refractivity contribution in [1.29, 1.82) is 0 Å². The molecule has 2 fully saturated rings. The quantitative estimate of drug-likeness (QED) is 0.770. The highest BCUT2D eigenvalue weighted by atomic mass is 16.2. The topological polar surface area (TPSA) is 75.4 Å². The molecule has 19 heavy (non-hydrogen) atoms. The summed E-state index contributed by atoms with van der Waals surface area (Å²) in [5, 5.41) is 3.12. The number of nitrogens with one attached hydrogen (secondary N) is 1. The number of amides is 2. The van der Waals surface area contributed by atoms with Crippen LogP contribution < -0.4 is 11.1 Å². The van der Waals surface area contributed by atoms with Crippen LogP contribution in [0.4, 0.5) is 0 Å². The lowest BCUT2D eigenvalue weighted by Crippen LogP contribution is -2.50. The molecule has 0 spiro atoms. The van der Waals surface area contributed by atoms with E-state index in [0.717, 1.165) is 51.6 Å².